The van der Waals surface area contributed by atoms with E-state index in [0.29, 0.717) is 11.4 Å². The Morgan fingerprint density at radius 1 is 1.41 bits per heavy atom. The summed E-state index contributed by atoms with van der Waals surface area (Å²) in [5, 5.41) is 7.40. The van der Waals surface area contributed by atoms with Crippen molar-refractivity contribution in [3.8, 4) is 5.88 Å². The van der Waals surface area contributed by atoms with Gasteiger partial charge in [-0.2, -0.15) is 0 Å². The van der Waals surface area contributed by atoms with Crippen LogP contribution in [0.1, 0.15) is 33.8 Å². The molecule has 2 aliphatic rings. The van der Waals surface area contributed by atoms with E-state index in [2.05, 4.69) is 20.4 Å². The fourth-order valence-electron chi connectivity index (χ4n) is 3.67. The topological polar surface area (TPSA) is 89.7 Å². The third kappa shape index (κ3) is 3.96. The van der Waals surface area contributed by atoms with Gasteiger partial charge >= 0.3 is 0 Å². The molecule has 2 aromatic heterocycles. The molecule has 1 aliphatic carbocycles. The quantitative estimate of drug-likeness (QED) is 0.843. The van der Waals surface area contributed by atoms with Gasteiger partial charge in [-0.1, -0.05) is 5.16 Å². The molecule has 2 aromatic rings. The highest BCUT2D eigenvalue weighted by molar-refractivity contribution is 5.96. The number of rotatable bonds is 5. The number of hydrogen-bond donors (Lipinski definition) is 1. The van der Waals surface area contributed by atoms with Crippen molar-refractivity contribution in [3.63, 3.8) is 0 Å². The lowest BCUT2D eigenvalue weighted by molar-refractivity contribution is 0.0331. The lowest BCUT2D eigenvalue weighted by atomic mass is 9.91. The molecule has 144 valence electrons. The van der Waals surface area contributed by atoms with Crippen LogP contribution in [0.25, 0.3) is 0 Å². The molecule has 0 radical (unpaired) electrons. The first-order valence-corrected chi connectivity index (χ1v) is 9.31. The van der Waals surface area contributed by atoms with E-state index in [0.717, 1.165) is 69.1 Å². The third-order valence-corrected chi connectivity index (χ3v) is 5.14. The van der Waals surface area contributed by atoms with Gasteiger partial charge in [-0.05, 0) is 25.0 Å². The van der Waals surface area contributed by atoms with E-state index >= 15 is 0 Å². The van der Waals surface area contributed by atoms with Crippen LogP contribution in [0.5, 0.6) is 5.88 Å². The Hall–Kier alpha value is -2.45. The number of fused-ring (bicyclic) bond motifs is 1. The van der Waals surface area contributed by atoms with E-state index in [4.69, 9.17) is 14.0 Å². The normalized spacial score (nSPS) is 20.1. The molecule has 0 aromatic carbocycles. The number of aryl methyl sites for hydroxylation is 1. The second-order valence-corrected chi connectivity index (χ2v) is 6.89. The SMILES string of the molecule is COc1ncccc1C(=O)NC1CCc2onc(CN3CCOCC3)c2C1. The van der Waals surface area contributed by atoms with Gasteiger partial charge in [-0.3, -0.25) is 9.69 Å². The molecule has 0 bridgehead atoms. The van der Waals surface area contributed by atoms with E-state index in [1.165, 1.54) is 7.11 Å². The van der Waals surface area contributed by atoms with Crippen LogP contribution in [-0.2, 0) is 24.1 Å². The van der Waals surface area contributed by atoms with Crippen LogP contribution in [0, 0.1) is 0 Å². The minimum atomic E-state index is -0.167. The number of nitrogens with one attached hydrogen (secondary N) is 1. The van der Waals surface area contributed by atoms with Gasteiger partial charge in [0.2, 0.25) is 5.88 Å². The first-order chi connectivity index (χ1) is 13.2. The number of ether oxygens (including phenoxy) is 2. The number of carbonyl (C=O) groups is 1. The zero-order valence-corrected chi connectivity index (χ0v) is 15.4. The predicted molar refractivity (Wildman–Crippen MR) is 96.7 cm³/mol. The third-order valence-electron chi connectivity index (χ3n) is 5.14. The second-order valence-electron chi connectivity index (χ2n) is 6.89. The van der Waals surface area contributed by atoms with Gasteiger partial charge < -0.3 is 19.3 Å². The van der Waals surface area contributed by atoms with E-state index in [1.807, 2.05) is 0 Å². The van der Waals surface area contributed by atoms with Crippen LogP contribution >= 0.6 is 0 Å². The van der Waals surface area contributed by atoms with Gasteiger partial charge in [0.1, 0.15) is 17.0 Å². The summed E-state index contributed by atoms with van der Waals surface area (Å²) in [5.41, 5.74) is 2.56. The number of carbonyl (C=O) groups excluding carboxylic acids is 1. The first kappa shape index (κ1) is 17.9. The van der Waals surface area contributed by atoms with Crippen LogP contribution in [0.15, 0.2) is 22.9 Å². The highest BCUT2D eigenvalue weighted by Gasteiger charge is 2.28. The van der Waals surface area contributed by atoms with Crippen molar-refractivity contribution in [3.05, 3.63) is 40.9 Å². The molecule has 1 aliphatic heterocycles. The van der Waals surface area contributed by atoms with E-state index in [1.54, 1.807) is 18.3 Å². The smallest absolute Gasteiger partial charge is 0.256 e. The molecule has 0 spiro atoms. The van der Waals surface area contributed by atoms with E-state index in [9.17, 15) is 4.79 Å². The molecule has 1 fully saturated rings. The number of aromatic nitrogens is 2. The molecule has 1 saturated heterocycles. The standard InChI is InChI=1S/C19H24N4O4/c1-25-19-14(3-2-6-20-19)18(24)21-13-4-5-17-15(11-13)16(22-27-17)12-23-7-9-26-10-8-23/h2-3,6,13H,4-5,7-12H2,1H3,(H,21,24). The summed E-state index contributed by atoms with van der Waals surface area (Å²) in [4.78, 5) is 19.1. The zero-order valence-electron chi connectivity index (χ0n) is 15.4. The average Bonchev–Trinajstić information content (AvgIpc) is 3.11. The lowest BCUT2D eigenvalue weighted by Gasteiger charge is -2.27. The minimum Gasteiger partial charge on any atom is -0.480 e. The lowest BCUT2D eigenvalue weighted by Crippen LogP contribution is -2.39. The van der Waals surface area contributed by atoms with E-state index in [-0.39, 0.29) is 11.9 Å². The van der Waals surface area contributed by atoms with Crippen LogP contribution in [0.4, 0.5) is 0 Å². The molecular formula is C19H24N4O4. The molecule has 27 heavy (non-hydrogen) atoms. The summed E-state index contributed by atoms with van der Waals surface area (Å²) in [6.07, 6.45) is 3.94. The summed E-state index contributed by atoms with van der Waals surface area (Å²) >= 11 is 0. The predicted octanol–water partition coefficient (Wildman–Crippen LogP) is 1.20. The monoisotopic (exact) mass is 372 g/mol. The Morgan fingerprint density at radius 2 is 2.26 bits per heavy atom. The van der Waals surface area contributed by atoms with Crippen LogP contribution in [-0.4, -0.2) is 60.4 Å². The molecule has 8 heteroatoms. The Morgan fingerprint density at radius 3 is 3.07 bits per heavy atom. The molecule has 1 unspecified atom stereocenters. The van der Waals surface area contributed by atoms with Gasteiger partial charge in [0.15, 0.2) is 0 Å². The molecule has 3 heterocycles. The van der Waals surface area contributed by atoms with Gasteiger partial charge in [0.25, 0.3) is 5.91 Å². The Balaban J connectivity index is 1.43. The van der Waals surface area contributed by atoms with Crippen molar-refractivity contribution < 1.29 is 18.8 Å². The van der Waals surface area contributed by atoms with Crippen molar-refractivity contribution in [2.45, 2.75) is 31.8 Å². The highest BCUT2D eigenvalue weighted by Crippen LogP contribution is 2.26. The molecule has 8 nitrogen and oxygen atoms in total. The second kappa shape index (κ2) is 8.06. The molecule has 4 rings (SSSR count). The van der Waals surface area contributed by atoms with Gasteiger partial charge in [0, 0.05) is 43.9 Å². The fraction of sp³-hybridized carbons (Fsp3) is 0.526. The molecular weight excluding hydrogens is 348 g/mol. The van der Waals surface area contributed by atoms with Crippen LogP contribution in [0.2, 0.25) is 0 Å². The number of nitrogens with zero attached hydrogens (tertiary/aromatic N) is 3. The number of amides is 1. The summed E-state index contributed by atoms with van der Waals surface area (Å²) in [6.45, 7) is 4.09. The summed E-state index contributed by atoms with van der Waals surface area (Å²) in [6, 6.07) is 3.49. The number of methoxy groups -OCH3 is 1. The number of morpholine rings is 1. The van der Waals surface area contributed by atoms with E-state index < -0.39 is 0 Å². The van der Waals surface area contributed by atoms with Crippen molar-refractivity contribution in [1.29, 1.82) is 0 Å². The van der Waals surface area contributed by atoms with Crippen molar-refractivity contribution >= 4 is 5.91 Å². The number of hydrogen-bond acceptors (Lipinski definition) is 7. The Bertz CT molecular complexity index is 801. The molecule has 0 saturated carbocycles. The molecule has 1 amide bonds. The molecule has 1 N–H and O–H groups in total. The average molecular weight is 372 g/mol. The highest BCUT2D eigenvalue weighted by atomic mass is 16.5. The Kier molecular flexibility index (Phi) is 5.35. The van der Waals surface area contributed by atoms with Crippen LogP contribution in [0.3, 0.4) is 0 Å². The number of pyridine rings is 1. The summed E-state index contributed by atoms with van der Waals surface area (Å²) in [7, 11) is 1.51. The maximum absolute atomic E-state index is 12.7. The zero-order chi connectivity index (χ0) is 18.6. The van der Waals surface area contributed by atoms with Crippen molar-refractivity contribution in [2.75, 3.05) is 33.4 Å². The largest absolute Gasteiger partial charge is 0.480 e. The van der Waals surface area contributed by atoms with Gasteiger partial charge in [-0.25, -0.2) is 4.98 Å². The summed E-state index contributed by atoms with van der Waals surface area (Å²) in [5.74, 6) is 1.12. The van der Waals surface area contributed by atoms with Gasteiger partial charge in [0.05, 0.1) is 20.3 Å². The Labute approximate surface area is 157 Å². The maximum atomic E-state index is 12.7. The maximum Gasteiger partial charge on any atom is 0.256 e. The van der Waals surface area contributed by atoms with Gasteiger partial charge in [-0.15, -0.1) is 0 Å². The fourth-order valence-corrected chi connectivity index (χ4v) is 3.67. The minimum absolute atomic E-state index is 0.0396. The molecule has 1 atom stereocenters. The summed E-state index contributed by atoms with van der Waals surface area (Å²) < 4.78 is 16.1. The van der Waals surface area contributed by atoms with Crippen LogP contribution < -0.4 is 10.1 Å². The van der Waals surface area contributed by atoms with Crippen molar-refractivity contribution in [1.82, 2.24) is 20.4 Å². The van der Waals surface area contributed by atoms with Crippen molar-refractivity contribution in [2.24, 2.45) is 0 Å². The first-order valence-electron chi connectivity index (χ1n) is 9.31.